The predicted molar refractivity (Wildman–Crippen MR) is 129 cm³/mol. The van der Waals surface area contributed by atoms with E-state index in [0.29, 0.717) is 12.6 Å². The molecular weight excluding hydrogens is 368 g/mol. The monoisotopic (exact) mass is 402 g/mol. The lowest BCUT2D eigenvalue weighted by atomic mass is 9.90. The summed E-state index contributed by atoms with van der Waals surface area (Å²) in [6.45, 7) is 14.8. The van der Waals surface area contributed by atoms with Crippen molar-refractivity contribution in [1.29, 1.82) is 0 Å². The van der Waals surface area contributed by atoms with Crippen molar-refractivity contribution in [3.05, 3.63) is 83.4 Å². The zero-order valence-electron chi connectivity index (χ0n) is 18.9. The average Bonchev–Trinajstić information content (AvgIpc) is 3.31. The summed E-state index contributed by atoms with van der Waals surface area (Å²) in [6.07, 6.45) is 14.1. The second kappa shape index (κ2) is 9.29. The van der Waals surface area contributed by atoms with E-state index >= 15 is 0 Å². The molecule has 2 atom stereocenters. The summed E-state index contributed by atoms with van der Waals surface area (Å²) < 4.78 is 0. The van der Waals surface area contributed by atoms with Crippen molar-refractivity contribution in [3.8, 4) is 0 Å². The number of hydrogen-bond donors (Lipinski definition) is 1. The Bertz CT molecular complexity index is 948. The molecule has 1 aromatic carbocycles. The molecule has 0 bridgehead atoms. The van der Waals surface area contributed by atoms with Gasteiger partial charge in [0, 0.05) is 24.7 Å². The number of aliphatic imine (C=N–C) groups is 2. The second-order valence-electron chi connectivity index (χ2n) is 7.93. The number of aryl methyl sites for hydroxylation is 1. The minimum absolute atomic E-state index is 0.232. The lowest BCUT2D eigenvalue weighted by Gasteiger charge is -2.37. The Labute approximate surface area is 181 Å². The fourth-order valence-electron chi connectivity index (χ4n) is 4.43. The summed E-state index contributed by atoms with van der Waals surface area (Å²) in [5, 5.41) is 3.76. The van der Waals surface area contributed by atoms with Crippen LogP contribution < -0.4 is 5.32 Å². The van der Waals surface area contributed by atoms with Gasteiger partial charge in [-0.25, -0.2) is 0 Å². The average molecular weight is 403 g/mol. The first-order chi connectivity index (χ1) is 14.5. The van der Waals surface area contributed by atoms with Gasteiger partial charge in [-0.15, -0.1) is 0 Å². The third-order valence-electron chi connectivity index (χ3n) is 5.94. The van der Waals surface area contributed by atoms with Crippen molar-refractivity contribution < 1.29 is 0 Å². The number of nitrogens with one attached hydrogen (secondary N) is 1. The summed E-state index contributed by atoms with van der Waals surface area (Å²) in [5.74, 6) is 1.02. The van der Waals surface area contributed by atoms with Crippen LogP contribution in [0.4, 0.5) is 0 Å². The molecule has 0 fully saturated rings. The van der Waals surface area contributed by atoms with Crippen LogP contribution in [0, 0.1) is 6.92 Å². The molecule has 2 heterocycles. The zero-order chi connectivity index (χ0) is 21.7. The number of amidine groups is 1. The molecule has 4 rings (SSSR count). The van der Waals surface area contributed by atoms with Crippen LogP contribution in [0.5, 0.6) is 0 Å². The van der Waals surface area contributed by atoms with Crippen LogP contribution in [0.2, 0.25) is 0 Å². The van der Waals surface area contributed by atoms with Gasteiger partial charge in [0.1, 0.15) is 0 Å². The molecule has 0 aromatic heterocycles. The highest BCUT2D eigenvalue weighted by atomic mass is 15.3. The lowest BCUT2D eigenvalue weighted by molar-refractivity contribution is 0.352. The molecule has 2 aliphatic heterocycles. The number of hydrogen-bond acceptors (Lipinski definition) is 4. The van der Waals surface area contributed by atoms with Crippen molar-refractivity contribution >= 4 is 12.1 Å². The highest BCUT2D eigenvalue weighted by molar-refractivity contribution is 6.03. The maximum absolute atomic E-state index is 4.91. The topological polar surface area (TPSA) is 40.0 Å². The first-order valence-corrected chi connectivity index (χ1v) is 10.9. The number of allylic oxidation sites excluding steroid dienone is 3. The lowest BCUT2D eigenvalue weighted by Crippen LogP contribution is -2.49. The van der Waals surface area contributed by atoms with Crippen LogP contribution in [0.1, 0.15) is 44.4 Å². The minimum atomic E-state index is -0.232. The highest BCUT2D eigenvalue weighted by Crippen LogP contribution is 2.34. The molecule has 3 aliphatic rings. The van der Waals surface area contributed by atoms with Crippen LogP contribution in [0.3, 0.4) is 0 Å². The van der Waals surface area contributed by atoms with E-state index in [-0.39, 0.29) is 5.54 Å². The molecule has 0 saturated carbocycles. The molecule has 4 heteroatoms. The first-order valence-electron chi connectivity index (χ1n) is 10.9. The summed E-state index contributed by atoms with van der Waals surface area (Å²) in [4.78, 5) is 11.4. The second-order valence-corrected chi connectivity index (χ2v) is 7.93. The van der Waals surface area contributed by atoms with Gasteiger partial charge in [0.15, 0.2) is 5.84 Å². The Kier molecular flexibility index (Phi) is 6.76. The Morgan fingerprint density at radius 3 is 2.80 bits per heavy atom. The van der Waals surface area contributed by atoms with Crippen molar-refractivity contribution in [2.45, 2.75) is 59.0 Å². The Morgan fingerprint density at radius 2 is 2.07 bits per heavy atom. The van der Waals surface area contributed by atoms with Crippen LogP contribution in [-0.2, 0) is 12.8 Å². The summed E-state index contributed by atoms with van der Waals surface area (Å²) in [7, 11) is 0. The van der Waals surface area contributed by atoms with E-state index in [0.717, 1.165) is 29.9 Å². The number of benzene rings is 1. The fourth-order valence-corrected chi connectivity index (χ4v) is 4.43. The molecule has 1 aliphatic carbocycles. The van der Waals surface area contributed by atoms with Gasteiger partial charge in [-0.3, -0.25) is 9.98 Å². The Hall–Kier alpha value is -2.88. The predicted octanol–water partition coefficient (Wildman–Crippen LogP) is 5.12. The Morgan fingerprint density at radius 1 is 1.30 bits per heavy atom. The van der Waals surface area contributed by atoms with Crippen molar-refractivity contribution in [2.75, 3.05) is 6.54 Å². The molecule has 1 aromatic rings. The van der Waals surface area contributed by atoms with Gasteiger partial charge in [-0.2, -0.15) is 0 Å². The van der Waals surface area contributed by atoms with Gasteiger partial charge in [-0.1, -0.05) is 50.3 Å². The summed E-state index contributed by atoms with van der Waals surface area (Å²) >= 11 is 0. The van der Waals surface area contributed by atoms with Crippen LogP contribution in [0.25, 0.3) is 0 Å². The Balaban J connectivity index is 0.00000124. The number of rotatable bonds is 5. The van der Waals surface area contributed by atoms with Gasteiger partial charge >= 0.3 is 0 Å². The molecule has 0 amide bonds. The van der Waals surface area contributed by atoms with Crippen LogP contribution in [-0.4, -0.2) is 35.1 Å². The maximum Gasteiger partial charge on any atom is 0.152 e. The normalized spacial score (nSPS) is 24.6. The summed E-state index contributed by atoms with van der Waals surface area (Å²) in [5.41, 5.74) is 6.28. The van der Waals surface area contributed by atoms with E-state index in [9.17, 15) is 0 Å². The van der Waals surface area contributed by atoms with Crippen molar-refractivity contribution in [1.82, 2.24) is 10.2 Å². The van der Waals surface area contributed by atoms with Crippen molar-refractivity contribution in [2.24, 2.45) is 9.98 Å². The molecule has 0 saturated heterocycles. The fraction of sp³-hybridized carbons (Fsp3) is 0.385. The highest BCUT2D eigenvalue weighted by Gasteiger charge is 2.42. The van der Waals surface area contributed by atoms with Gasteiger partial charge in [0.05, 0.1) is 17.8 Å². The van der Waals surface area contributed by atoms with Gasteiger partial charge in [0.25, 0.3) is 0 Å². The van der Waals surface area contributed by atoms with Gasteiger partial charge < -0.3 is 10.2 Å². The van der Waals surface area contributed by atoms with Crippen LogP contribution in [0.15, 0.2) is 76.7 Å². The quantitative estimate of drug-likeness (QED) is 0.694. The van der Waals surface area contributed by atoms with E-state index in [1.807, 2.05) is 27.0 Å². The smallest absolute Gasteiger partial charge is 0.152 e. The standard InChI is InChI=1S/C24H28N4.C2H6/c1-5-20(15-25-6-2)24(4)16-26-23-22(8-7-11-28(23)24)27-21-13-18-10-9-17(3)12-19(18)14-21;1-2/h5-12,15,21,27H,2,13-14,16H2,1,3-4H3;1-2H3/b20-5+,25-15?;. The first kappa shape index (κ1) is 21.8. The maximum atomic E-state index is 4.91. The van der Waals surface area contributed by atoms with Gasteiger partial charge in [0.2, 0.25) is 0 Å². The third kappa shape index (κ3) is 4.04. The van der Waals surface area contributed by atoms with Crippen LogP contribution >= 0.6 is 0 Å². The SMILES string of the molecule is C=CN=C/C(=C\C)C1(C)CN=C2C(NC3Cc4ccc(C)cc4C3)=CC=CN21.CC. The molecule has 0 radical (unpaired) electrons. The van der Waals surface area contributed by atoms with E-state index in [4.69, 9.17) is 4.99 Å². The molecule has 30 heavy (non-hydrogen) atoms. The zero-order valence-corrected chi connectivity index (χ0v) is 18.9. The minimum Gasteiger partial charge on any atom is -0.379 e. The van der Waals surface area contributed by atoms with E-state index in [1.165, 1.54) is 16.7 Å². The summed E-state index contributed by atoms with van der Waals surface area (Å²) in [6, 6.07) is 7.21. The van der Waals surface area contributed by atoms with E-state index in [2.05, 4.69) is 78.3 Å². The van der Waals surface area contributed by atoms with Gasteiger partial charge in [-0.05, 0) is 62.5 Å². The number of nitrogens with zero attached hydrogens (tertiary/aromatic N) is 3. The molecule has 0 spiro atoms. The molecule has 4 nitrogen and oxygen atoms in total. The molecular formula is C26H34N4. The molecule has 1 N–H and O–H groups in total. The largest absolute Gasteiger partial charge is 0.379 e. The third-order valence-corrected chi connectivity index (χ3v) is 5.94. The molecule has 158 valence electrons. The number of fused-ring (bicyclic) bond motifs is 2. The van der Waals surface area contributed by atoms with Crippen molar-refractivity contribution in [3.63, 3.8) is 0 Å². The van der Waals surface area contributed by atoms with E-state index in [1.54, 1.807) is 6.20 Å². The van der Waals surface area contributed by atoms with E-state index < -0.39 is 0 Å². The molecule has 2 unspecified atom stereocenters.